The first-order chi connectivity index (χ1) is 17.4. The number of hydrogen-bond donors (Lipinski definition) is 1. The SMILES string of the molecule is CCOC(=O)c1c(-c2ccccc2)csc1NC(=O)COC(=O)c1cc(C)n(-c2ccccc2)c1C. The van der Waals surface area contributed by atoms with E-state index in [0.29, 0.717) is 16.1 Å². The number of aryl methyl sites for hydroxylation is 1. The number of amides is 1. The molecule has 0 spiro atoms. The highest BCUT2D eigenvalue weighted by molar-refractivity contribution is 7.15. The molecule has 2 aromatic carbocycles. The van der Waals surface area contributed by atoms with Crippen molar-refractivity contribution in [1.29, 1.82) is 0 Å². The second-order valence-electron chi connectivity index (χ2n) is 8.02. The topological polar surface area (TPSA) is 86.6 Å². The van der Waals surface area contributed by atoms with Gasteiger partial charge in [0.05, 0.1) is 12.2 Å². The lowest BCUT2D eigenvalue weighted by Crippen LogP contribution is -2.22. The molecule has 36 heavy (non-hydrogen) atoms. The molecule has 184 valence electrons. The van der Waals surface area contributed by atoms with Gasteiger partial charge in [0.25, 0.3) is 5.91 Å². The second kappa shape index (κ2) is 11.0. The Balaban J connectivity index is 1.48. The number of nitrogens with zero attached hydrogens (tertiary/aromatic N) is 1. The van der Waals surface area contributed by atoms with Gasteiger partial charge in [-0.15, -0.1) is 11.3 Å². The molecule has 0 bridgehead atoms. The predicted octanol–water partition coefficient (Wildman–Crippen LogP) is 5.79. The smallest absolute Gasteiger partial charge is 0.341 e. The fourth-order valence-corrected chi connectivity index (χ4v) is 4.97. The van der Waals surface area contributed by atoms with Crippen LogP contribution in [0.1, 0.15) is 39.0 Å². The summed E-state index contributed by atoms with van der Waals surface area (Å²) in [5.41, 5.74) is 4.69. The van der Waals surface area contributed by atoms with E-state index in [1.165, 1.54) is 11.3 Å². The maximum atomic E-state index is 12.8. The summed E-state index contributed by atoms with van der Waals surface area (Å²) >= 11 is 1.21. The number of rotatable bonds is 8. The molecular formula is C28H26N2O5S. The summed E-state index contributed by atoms with van der Waals surface area (Å²) in [6, 6.07) is 20.8. The van der Waals surface area contributed by atoms with Crippen LogP contribution in [0.15, 0.2) is 72.1 Å². The van der Waals surface area contributed by atoms with Gasteiger partial charge in [-0.25, -0.2) is 9.59 Å². The predicted molar refractivity (Wildman–Crippen MR) is 140 cm³/mol. The first kappa shape index (κ1) is 24.9. The summed E-state index contributed by atoms with van der Waals surface area (Å²) in [5.74, 6) is -1.67. The lowest BCUT2D eigenvalue weighted by molar-refractivity contribution is -0.119. The van der Waals surface area contributed by atoms with Crippen LogP contribution < -0.4 is 5.32 Å². The van der Waals surface area contributed by atoms with Crippen molar-refractivity contribution in [3.05, 3.63) is 94.6 Å². The number of hydrogen-bond acceptors (Lipinski definition) is 6. The molecule has 2 heterocycles. The van der Waals surface area contributed by atoms with Gasteiger partial charge in [0, 0.05) is 28.0 Å². The average Bonchev–Trinajstić information content (AvgIpc) is 3.43. The summed E-state index contributed by atoms with van der Waals surface area (Å²) in [6.07, 6.45) is 0. The maximum Gasteiger partial charge on any atom is 0.341 e. The van der Waals surface area contributed by atoms with Crippen LogP contribution in [0.5, 0.6) is 0 Å². The summed E-state index contributed by atoms with van der Waals surface area (Å²) in [6.45, 7) is 5.17. The number of esters is 2. The van der Waals surface area contributed by atoms with Gasteiger partial charge >= 0.3 is 11.9 Å². The minimum Gasteiger partial charge on any atom is -0.462 e. The molecule has 0 fully saturated rings. The Labute approximate surface area is 213 Å². The largest absolute Gasteiger partial charge is 0.462 e. The third kappa shape index (κ3) is 5.23. The molecule has 0 saturated carbocycles. The monoisotopic (exact) mass is 502 g/mol. The molecule has 1 amide bonds. The van der Waals surface area contributed by atoms with Crippen LogP contribution in [0.3, 0.4) is 0 Å². The summed E-state index contributed by atoms with van der Waals surface area (Å²) in [7, 11) is 0. The lowest BCUT2D eigenvalue weighted by atomic mass is 10.0. The maximum absolute atomic E-state index is 12.8. The van der Waals surface area contributed by atoms with E-state index in [-0.39, 0.29) is 12.2 Å². The number of carbonyl (C=O) groups is 3. The average molecular weight is 503 g/mol. The van der Waals surface area contributed by atoms with E-state index in [0.717, 1.165) is 22.6 Å². The molecule has 7 nitrogen and oxygen atoms in total. The van der Waals surface area contributed by atoms with Gasteiger partial charge in [-0.2, -0.15) is 0 Å². The summed E-state index contributed by atoms with van der Waals surface area (Å²) in [5, 5.41) is 4.84. The highest BCUT2D eigenvalue weighted by Gasteiger charge is 2.24. The molecule has 8 heteroatoms. The zero-order valence-electron chi connectivity index (χ0n) is 20.2. The zero-order valence-corrected chi connectivity index (χ0v) is 21.1. The van der Waals surface area contributed by atoms with E-state index >= 15 is 0 Å². The van der Waals surface area contributed by atoms with Crippen LogP contribution in [-0.4, -0.2) is 35.6 Å². The first-order valence-electron chi connectivity index (χ1n) is 11.5. The summed E-state index contributed by atoms with van der Waals surface area (Å²) in [4.78, 5) is 38.1. The molecule has 4 rings (SSSR count). The van der Waals surface area contributed by atoms with Crippen molar-refractivity contribution in [3.63, 3.8) is 0 Å². The number of nitrogens with one attached hydrogen (secondary N) is 1. The highest BCUT2D eigenvalue weighted by Crippen LogP contribution is 2.36. The number of ether oxygens (including phenoxy) is 2. The van der Waals surface area contributed by atoms with Crippen LogP contribution in [0, 0.1) is 13.8 Å². The standard InChI is InChI=1S/C28H26N2O5S/c1-4-34-28(33)25-23(20-11-7-5-8-12-20)17-36-26(25)29-24(31)16-35-27(32)22-15-18(2)30(19(22)3)21-13-9-6-10-14-21/h5-15,17H,4,16H2,1-3H3,(H,29,31). The van der Waals surface area contributed by atoms with Crippen molar-refractivity contribution >= 4 is 34.2 Å². The second-order valence-corrected chi connectivity index (χ2v) is 8.90. The van der Waals surface area contributed by atoms with Crippen LogP contribution >= 0.6 is 11.3 Å². The Morgan fingerprint density at radius 1 is 0.917 bits per heavy atom. The van der Waals surface area contributed by atoms with Crippen molar-refractivity contribution in [2.45, 2.75) is 20.8 Å². The van der Waals surface area contributed by atoms with Crippen LogP contribution in [0.4, 0.5) is 5.00 Å². The highest BCUT2D eigenvalue weighted by atomic mass is 32.1. The zero-order chi connectivity index (χ0) is 25.7. The molecule has 0 aliphatic heterocycles. The number of anilines is 1. The number of para-hydroxylation sites is 1. The Kier molecular flexibility index (Phi) is 7.65. The van der Waals surface area contributed by atoms with Gasteiger partial charge in [0.15, 0.2) is 6.61 Å². The van der Waals surface area contributed by atoms with Crippen LogP contribution in [0.25, 0.3) is 16.8 Å². The Bertz CT molecular complexity index is 1390. The fourth-order valence-electron chi connectivity index (χ4n) is 4.00. The first-order valence-corrected chi connectivity index (χ1v) is 12.3. The van der Waals surface area contributed by atoms with E-state index in [1.54, 1.807) is 18.4 Å². The molecule has 0 aliphatic carbocycles. The van der Waals surface area contributed by atoms with Gasteiger partial charge < -0.3 is 19.4 Å². The number of thiophene rings is 1. The molecule has 0 radical (unpaired) electrons. The minimum absolute atomic E-state index is 0.204. The third-order valence-corrected chi connectivity index (χ3v) is 6.50. The normalized spacial score (nSPS) is 10.6. The molecular weight excluding hydrogens is 476 g/mol. The lowest BCUT2D eigenvalue weighted by Gasteiger charge is -2.10. The molecule has 0 unspecified atom stereocenters. The van der Waals surface area contributed by atoms with Crippen molar-refractivity contribution in [2.75, 3.05) is 18.5 Å². The fraction of sp³-hybridized carbons (Fsp3) is 0.179. The molecule has 0 atom stereocenters. The Hall–Kier alpha value is -4.17. The number of carbonyl (C=O) groups excluding carboxylic acids is 3. The van der Waals surface area contributed by atoms with Crippen LogP contribution in [-0.2, 0) is 14.3 Å². The van der Waals surface area contributed by atoms with Crippen molar-refractivity contribution in [3.8, 4) is 16.8 Å². The van der Waals surface area contributed by atoms with E-state index in [1.807, 2.05) is 79.1 Å². The van der Waals surface area contributed by atoms with Gasteiger partial charge in [-0.05, 0) is 44.5 Å². The molecule has 0 saturated heterocycles. The molecule has 1 N–H and O–H groups in total. The molecule has 2 aromatic heterocycles. The summed E-state index contributed by atoms with van der Waals surface area (Å²) < 4.78 is 12.5. The van der Waals surface area contributed by atoms with Crippen molar-refractivity contribution in [1.82, 2.24) is 4.57 Å². The van der Waals surface area contributed by atoms with Crippen molar-refractivity contribution < 1.29 is 23.9 Å². The van der Waals surface area contributed by atoms with E-state index in [2.05, 4.69) is 5.32 Å². The van der Waals surface area contributed by atoms with Crippen molar-refractivity contribution in [2.24, 2.45) is 0 Å². The molecule has 4 aromatic rings. The third-order valence-electron chi connectivity index (χ3n) is 5.61. The Morgan fingerprint density at radius 3 is 2.25 bits per heavy atom. The number of benzene rings is 2. The van der Waals surface area contributed by atoms with Crippen LogP contribution in [0.2, 0.25) is 0 Å². The Morgan fingerprint density at radius 2 is 1.58 bits per heavy atom. The minimum atomic E-state index is -0.595. The van der Waals surface area contributed by atoms with Gasteiger partial charge in [0.1, 0.15) is 10.6 Å². The molecule has 0 aliphatic rings. The quantitative estimate of drug-likeness (QED) is 0.308. The van der Waals surface area contributed by atoms with Gasteiger partial charge in [-0.1, -0.05) is 48.5 Å². The number of aromatic nitrogens is 1. The van der Waals surface area contributed by atoms with E-state index in [9.17, 15) is 14.4 Å². The van der Waals surface area contributed by atoms with Gasteiger partial charge in [-0.3, -0.25) is 4.79 Å². The van der Waals surface area contributed by atoms with Gasteiger partial charge in [0.2, 0.25) is 0 Å². The van der Waals surface area contributed by atoms with E-state index in [4.69, 9.17) is 9.47 Å². The van der Waals surface area contributed by atoms with E-state index < -0.39 is 24.5 Å².